The van der Waals surface area contributed by atoms with Gasteiger partial charge in [-0.15, -0.1) is 11.6 Å². The highest BCUT2D eigenvalue weighted by Gasteiger charge is 2.12. The Hall–Kier alpha value is -0.250. The van der Waals surface area contributed by atoms with Gasteiger partial charge in [-0.2, -0.15) is 5.10 Å². The average Bonchev–Trinajstić information content (AvgIpc) is 2.44. The second-order valence-electron chi connectivity index (χ2n) is 3.60. The molecule has 0 aliphatic carbocycles. The molecule has 1 aromatic rings. The second kappa shape index (κ2) is 5.73. The van der Waals surface area contributed by atoms with E-state index < -0.39 is 0 Å². The summed E-state index contributed by atoms with van der Waals surface area (Å²) in [6.07, 6.45) is 0.860. The fraction of sp³-hybridized carbons (Fsp3) is 0.700. The van der Waals surface area contributed by atoms with Gasteiger partial charge in [0, 0.05) is 25.5 Å². The Morgan fingerprint density at radius 1 is 1.53 bits per heavy atom. The summed E-state index contributed by atoms with van der Waals surface area (Å²) in [5, 5.41) is 8.48. The molecule has 0 saturated heterocycles. The standard InChI is InChI=1S/C10H17Cl2N3/c1-4-8-10(12)9(15(3)14-8)6-13-5-7(2)11/h7,13H,4-6H2,1-3H3. The van der Waals surface area contributed by atoms with E-state index in [9.17, 15) is 0 Å². The van der Waals surface area contributed by atoms with Gasteiger partial charge in [0.1, 0.15) is 0 Å². The molecule has 0 bridgehead atoms. The molecule has 0 saturated carbocycles. The van der Waals surface area contributed by atoms with E-state index >= 15 is 0 Å². The molecule has 0 aromatic carbocycles. The van der Waals surface area contributed by atoms with Crippen molar-refractivity contribution in [3.8, 4) is 0 Å². The zero-order valence-corrected chi connectivity index (χ0v) is 10.9. The minimum Gasteiger partial charge on any atom is -0.310 e. The molecule has 1 heterocycles. The summed E-state index contributed by atoms with van der Waals surface area (Å²) in [6, 6.07) is 0. The minimum atomic E-state index is 0.127. The van der Waals surface area contributed by atoms with Crippen molar-refractivity contribution in [1.29, 1.82) is 0 Å². The zero-order chi connectivity index (χ0) is 11.4. The van der Waals surface area contributed by atoms with Crippen molar-refractivity contribution >= 4 is 23.2 Å². The number of aromatic nitrogens is 2. The van der Waals surface area contributed by atoms with E-state index in [1.807, 2.05) is 25.6 Å². The summed E-state index contributed by atoms with van der Waals surface area (Å²) in [7, 11) is 1.91. The molecule has 1 rings (SSSR count). The van der Waals surface area contributed by atoms with E-state index in [1.165, 1.54) is 0 Å². The molecule has 1 unspecified atom stereocenters. The summed E-state index contributed by atoms with van der Waals surface area (Å²) >= 11 is 12.0. The van der Waals surface area contributed by atoms with Crippen molar-refractivity contribution in [2.24, 2.45) is 7.05 Å². The molecule has 1 aromatic heterocycles. The Labute approximate surface area is 101 Å². The van der Waals surface area contributed by atoms with Crippen molar-refractivity contribution < 1.29 is 0 Å². The maximum Gasteiger partial charge on any atom is 0.0863 e. The Morgan fingerprint density at radius 2 is 2.20 bits per heavy atom. The van der Waals surface area contributed by atoms with Crippen molar-refractivity contribution in [3.63, 3.8) is 0 Å². The number of hydrogen-bond acceptors (Lipinski definition) is 2. The number of nitrogens with one attached hydrogen (secondary N) is 1. The van der Waals surface area contributed by atoms with Crippen LogP contribution >= 0.6 is 23.2 Å². The van der Waals surface area contributed by atoms with Crippen LogP contribution < -0.4 is 5.32 Å². The van der Waals surface area contributed by atoms with Gasteiger partial charge in [-0.3, -0.25) is 4.68 Å². The first kappa shape index (κ1) is 12.8. The first-order valence-electron chi connectivity index (χ1n) is 5.11. The lowest BCUT2D eigenvalue weighted by atomic mass is 10.3. The van der Waals surface area contributed by atoms with Crippen LogP contribution in [0.25, 0.3) is 0 Å². The van der Waals surface area contributed by atoms with Gasteiger partial charge in [0.25, 0.3) is 0 Å². The van der Waals surface area contributed by atoms with E-state index in [1.54, 1.807) is 0 Å². The van der Waals surface area contributed by atoms with Gasteiger partial charge in [0.05, 0.1) is 16.4 Å². The molecule has 15 heavy (non-hydrogen) atoms. The van der Waals surface area contributed by atoms with E-state index in [0.717, 1.165) is 29.4 Å². The van der Waals surface area contributed by atoms with E-state index in [4.69, 9.17) is 23.2 Å². The maximum absolute atomic E-state index is 6.19. The third kappa shape index (κ3) is 3.37. The van der Waals surface area contributed by atoms with Gasteiger partial charge in [0.2, 0.25) is 0 Å². The summed E-state index contributed by atoms with van der Waals surface area (Å²) < 4.78 is 1.83. The predicted octanol–water partition coefficient (Wildman–Crippen LogP) is 2.35. The van der Waals surface area contributed by atoms with Crippen molar-refractivity contribution in [1.82, 2.24) is 15.1 Å². The van der Waals surface area contributed by atoms with Crippen LogP contribution in [-0.4, -0.2) is 21.7 Å². The van der Waals surface area contributed by atoms with Crippen LogP contribution in [0.1, 0.15) is 25.2 Å². The van der Waals surface area contributed by atoms with Crippen molar-refractivity contribution in [2.75, 3.05) is 6.54 Å². The third-order valence-electron chi connectivity index (χ3n) is 2.22. The number of hydrogen-bond donors (Lipinski definition) is 1. The topological polar surface area (TPSA) is 29.9 Å². The van der Waals surface area contributed by atoms with Crippen LogP contribution in [0.4, 0.5) is 0 Å². The maximum atomic E-state index is 6.19. The van der Waals surface area contributed by atoms with Crippen LogP contribution in [0.15, 0.2) is 0 Å². The second-order valence-corrected chi connectivity index (χ2v) is 4.72. The van der Waals surface area contributed by atoms with Gasteiger partial charge >= 0.3 is 0 Å². The van der Waals surface area contributed by atoms with E-state index in [2.05, 4.69) is 10.4 Å². The third-order valence-corrected chi connectivity index (χ3v) is 2.81. The highest BCUT2D eigenvalue weighted by molar-refractivity contribution is 6.31. The molecule has 3 nitrogen and oxygen atoms in total. The average molecular weight is 250 g/mol. The quantitative estimate of drug-likeness (QED) is 0.813. The molecule has 0 aliphatic rings. The van der Waals surface area contributed by atoms with E-state index in [-0.39, 0.29) is 5.38 Å². The summed E-state index contributed by atoms with van der Waals surface area (Å²) in [6.45, 7) is 5.48. The molecule has 86 valence electrons. The molecule has 0 aliphatic heterocycles. The molecule has 1 atom stereocenters. The smallest absolute Gasteiger partial charge is 0.0863 e. The lowest BCUT2D eigenvalue weighted by Gasteiger charge is -2.06. The fourth-order valence-corrected chi connectivity index (χ4v) is 1.87. The van der Waals surface area contributed by atoms with Crippen molar-refractivity contribution in [3.05, 3.63) is 16.4 Å². The Bertz CT molecular complexity index is 321. The SMILES string of the molecule is CCc1nn(C)c(CNCC(C)Cl)c1Cl. The molecule has 0 fully saturated rings. The summed E-state index contributed by atoms with van der Waals surface area (Å²) in [5.41, 5.74) is 1.97. The van der Waals surface area contributed by atoms with Gasteiger partial charge in [0.15, 0.2) is 0 Å². The lowest BCUT2D eigenvalue weighted by Crippen LogP contribution is -2.22. The van der Waals surface area contributed by atoms with Gasteiger partial charge < -0.3 is 5.32 Å². The van der Waals surface area contributed by atoms with Crippen LogP contribution in [-0.2, 0) is 20.0 Å². The molecular formula is C10H17Cl2N3. The number of halogens is 2. The van der Waals surface area contributed by atoms with Gasteiger partial charge in [-0.05, 0) is 13.3 Å². The monoisotopic (exact) mass is 249 g/mol. The van der Waals surface area contributed by atoms with E-state index in [0.29, 0.717) is 6.54 Å². The molecule has 5 heteroatoms. The van der Waals surface area contributed by atoms with Crippen LogP contribution in [0.3, 0.4) is 0 Å². The summed E-state index contributed by atoms with van der Waals surface area (Å²) in [5.74, 6) is 0. The number of nitrogens with zero attached hydrogens (tertiary/aromatic N) is 2. The lowest BCUT2D eigenvalue weighted by molar-refractivity contribution is 0.620. The fourth-order valence-electron chi connectivity index (χ4n) is 1.40. The first-order chi connectivity index (χ1) is 7.06. The van der Waals surface area contributed by atoms with Crippen LogP contribution in [0.5, 0.6) is 0 Å². The largest absolute Gasteiger partial charge is 0.310 e. The predicted molar refractivity (Wildman–Crippen MR) is 64.6 cm³/mol. The van der Waals surface area contributed by atoms with Crippen LogP contribution in [0.2, 0.25) is 5.02 Å². The Kier molecular flexibility index (Phi) is 4.90. The minimum absolute atomic E-state index is 0.127. The Balaban J connectivity index is 2.64. The number of alkyl halides is 1. The number of rotatable bonds is 5. The molecule has 0 spiro atoms. The highest BCUT2D eigenvalue weighted by atomic mass is 35.5. The first-order valence-corrected chi connectivity index (χ1v) is 5.92. The zero-order valence-electron chi connectivity index (χ0n) is 9.35. The number of aryl methyl sites for hydroxylation is 2. The normalized spacial score (nSPS) is 13.1. The molecule has 0 radical (unpaired) electrons. The Morgan fingerprint density at radius 3 is 2.67 bits per heavy atom. The highest BCUT2D eigenvalue weighted by Crippen LogP contribution is 2.20. The van der Waals surface area contributed by atoms with Gasteiger partial charge in [-0.25, -0.2) is 0 Å². The molecule has 1 N–H and O–H groups in total. The molecular weight excluding hydrogens is 233 g/mol. The van der Waals surface area contributed by atoms with Crippen molar-refractivity contribution in [2.45, 2.75) is 32.2 Å². The van der Waals surface area contributed by atoms with Gasteiger partial charge in [-0.1, -0.05) is 18.5 Å². The van der Waals surface area contributed by atoms with Crippen LogP contribution in [0, 0.1) is 0 Å². The summed E-state index contributed by atoms with van der Waals surface area (Å²) in [4.78, 5) is 0. The molecule has 0 amide bonds.